The molecule has 0 amide bonds. The van der Waals surface area contributed by atoms with E-state index in [2.05, 4.69) is 35.0 Å². The van der Waals surface area contributed by atoms with Crippen LogP contribution in [0.4, 0.5) is 19.0 Å². The van der Waals surface area contributed by atoms with Crippen LogP contribution in [0.3, 0.4) is 0 Å². The zero-order valence-electron chi connectivity index (χ0n) is 16.3. The van der Waals surface area contributed by atoms with Gasteiger partial charge in [0, 0.05) is 30.7 Å². The third-order valence-corrected chi connectivity index (χ3v) is 5.03. The highest BCUT2D eigenvalue weighted by Crippen LogP contribution is 2.30. The van der Waals surface area contributed by atoms with Gasteiger partial charge in [0.25, 0.3) is 0 Å². The Balaban J connectivity index is 1.49. The quantitative estimate of drug-likeness (QED) is 0.534. The molecule has 31 heavy (non-hydrogen) atoms. The molecule has 0 aliphatic carbocycles. The van der Waals surface area contributed by atoms with E-state index in [0.29, 0.717) is 24.6 Å². The molecule has 160 valence electrons. The van der Waals surface area contributed by atoms with Gasteiger partial charge >= 0.3 is 6.18 Å². The number of fused-ring (bicyclic) bond motifs is 1. The summed E-state index contributed by atoms with van der Waals surface area (Å²) in [5, 5.41) is 6.76. The number of nitrogens with one attached hydrogen (secondary N) is 1. The van der Waals surface area contributed by atoms with Crippen LogP contribution in [-0.4, -0.2) is 53.7 Å². The van der Waals surface area contributed by atoms with E-state index in [4.69, 9.17) is 4.74 Å². The number of nitrogens with zero attached hydrogens (tertiary/aromatic N) is 7. The Morgan fingerprint density at radius 3 is 2.77 bits per heavy atom. The van der Waals surface area contributed by atoms with Gasteiger partial charge < -0.3 is 9.64 Å². The van der Waals surface area contributed by atoms with Gasteiger partial charge in [-0.2, -0.15) is 18.3 Å². The average Bonchev–Trinajstić information content (AvgIpc) is 3.42. The van der Waals surface area contributed by atoms with Crippen LogP contribution >= 0.6 is 0 Å². The van der Waals surface area contributed by atoms with Gasteiger partial charge in [0.1, 0.15) is 17.6 Å². The largest absolute Gasteiger partial charge is 0.434 e. The number of ether oxygens (including phenoxy) is 1. The molecule has 0 radical (unpaired) electrons. The predicted molar refractivity (Wildman–Crippen MR) is 103 cm³/mol. The summed E-state index contributed by atoms with van der Waals surface area (Å²) in [5.74, 6) is 0.914. The number of hydrogen-bond acceptors (Lipinski definition) is 7. The van der Waals surface area contributed by atoms with Crippen LogP contribution < -0.4 is 4.90 Å². The molecule has 1 aliphatic heterocycles. The van der Waals surface area contributed by atoms with Crippen LogP contribution in [0.2, 0.25) is 0 Å². The van der Waals surface area contributed by atoms with E-state index >= 15 is 0 Å². The standard InChI is InChI=1S/C19H17F3N8O/c1-11-8-29(9-14(31-11)12-4-26-27-5-12)16-2-3-23-18(28-16)13-6-25-17-7-24-15(10-30(13)17)19(20,21)22/h2-7,10-11,14H,8-9H2,1H3,(H,26,27)/t11-,14+/m1/s1. The Kier molecular flexibility index (Phi) is 4.58. The van der Waals surface area contributed by atoms with E-state index in [0.717, 1.165) is 18.0 Å². The molecule has 1 saturated heterocycles. The van der Waals surface area contributed by atoms with Crippen molar-refractivity contribution in [2.24, 2.45) is 0 Å². The fraction of sp³-hybridized carbons (Fsp3) is 0.316. The minimum atomic E-state index is -4.57. The molecule has 5 heterocycles. The molecule has 1 N–H and O–H groups in total. The average molecular weight is 430 g/mol. The molecule has 0 spiro atoms. The van der Waals surface area contributed by atoms with Crippen molar-refractivity contribution in [2.45, 2.75) is 25.3 Å². The van der Waals surface area contributed by atoms with E-state index in [-0.39, 0.29) is 23.7 Å². The van der Waals surface area contributed by atoms with Gasteiger partial charge in [-0.3, -0.25) is 9.50 Å². The van der Waals surface area contributed by atoms with Crippen molar-refractivity contribution in [3.63, 3.8) is 0 Å². The van der Waals surface area contributed by atoms with Gasteiger partial charge in [0.2, 0.25) is 0 Å². The Morgan fingerprint density at radius 1 is 1.13 bits per heavy atom. The Labute approximate surface area is 173 Å². The summed E-state index contributed by atoms with van der Waals surface area (Å²) in [5.41, 5.74) is 0.537. The lowest BCUT2D eigenvalue weighted by molar-refractivity contribution is -0.141. The van der Waals surface area contributed by atoms with E-state index < -0.39 is 11.9 Å². The number of alkyl halides is 3. The molecule has 1 aliphatic rings. The highest BCUT2D eigenvalue weighted by molar-refractivity contribution is 5.58. The van der Waals surface area contributed by atoms with Crippen LogP contribution in [0, 0.1) is 0 Å². The smallest absolute Gasteiger partial charge is 0.367 e. The molecule has 4 aromatic heterocycles. The first-order chi connectivity index (χ1) is 14.9. The molecule has 0 aromatic carbocycles. The minimum Gasteiger partial charge on any atom is -0.367 e. The van der Waals surface area contributed by atoms with Gasteiger partial charge in [-0.05, 0) is 13.0 Å². The highest BCUT2D eigenvalue weighted by atomic mass is 19.4. The molecular weight excluding hydrogens is 413 g/mol. The second kappa shape index (κ2) is 7.30. The number of imidazole rings is 1. The maximum atomic E-state index is 13.1. The number of anilines is 1. The molecule has 0 bridgehead atoms. The summed E-state index contributed by atoms with van der Waals surface area (Å²) < 4.78 is 46.6. The fourth-order valence-electron chi connectivity index (χ4n) is 3.61. The normalized spacial score (nSPS) is 19.8. The summed E-state index contributed by atoms with van der Waals surface area (Å²) in [4.78, 5) is 18.5. The molecule has 9 nitrogen and oxygen atoms in total. The zero-order chi connectivity index (χ0) is 21.6. The molecule has 2 atom stereocenters. The maximum Gasteiger partial charge on any atom is 0.434 e. The summed E-state index contributed by atoms with van der Waals surface area (Å²) in [7, 11) is 0. The highest BCUT2D eigenvalue weighted by Gasteiger charge is 2.33. The van der Waals surface area contributed by atoms with Gasteiger partial charge in [-0.15, -0.1) is 0 Å². The second-order valence-electron chi connectivity index (χ2n) is 7.25. The lowest BCUT2D eigenvalue weighted by atomic mass is 10.1. The van der Waals surface area contributed by atoms with Crippen LogP contribution in [0.1, 0.15) is 24.3 Å². The lowest BCUT2D eigenvalue weighted by Crippen LogP contribution is -2.43. The van der Waals surface area contributed by atoms with E-state index in [1.54, 1.807) is 24.7 Å². The number of H-pyrrole nitrogens is 1. The number of morpholine rings is 1. The Hall–Kier alpha value is -3.54. The van der Waals surface area contributed by atoms with Crippen molar-refractivity contribution >= 4 is 11.5 Å². The predicted octanol–water partition coefficient (Wildman–Crippen LogP) is 2.89. The topological polar surface area (TPSA) is 97.1 Å². The minimum absolute atomic E-state index is 0.0525. The van der Waals surface area contributed by atoms with Crippen molar-refractivity contribution in [3.8, 4) is 11.5 Å². The van der Waals surface area contributed by atoms with Gasteiger partial charge in [-0.1, -0.05) is 0 Å². The summed E-state index contributed by atoms with van der Waals surface area (Å²) in [6.45, 7) is 3.13. The monoisotopic (exact) mass is 430 g/mol. The van der Waals surface area contributed by atoms with Crippen LogP contribution in [-0.2, 0) is 10.9 Å². The second-order valence-corrected chi connectivity index (χ2v) is 7.25. The number of halogens is 3. The summed E-state index contributed by atoms with van der Waals surface area (Å²) in [6, 6.07) is 1.76. The molecule has 4 aromatic rings. The van der Waals surface area contributed by atoms with E-state index in [1.807, 2.05) is 6.92 Å². The maximum absolute atomic E-state index is 13.1. The van der Waals surface area contributed by atoms with Crippen molar-refractivity contribution in [3.05, 3.63) is 54.5 Å². The Morgan fingerprint density at radius 2 is 2.00 bits per heavy atom. The first kappa shape index (κ1) is 19.4. The van der Waals surface area contributed by atoms with Crippen molar-refractivity contribution < 1.29 is 17.9 Å². The lowest BCUT2D eigenvalue weighted by Gasteiger charge is -2.37. The molecule has 0 unspecified atom stereocenters. The van der Waals surface area contributed by atoms with Gasteiger partial charge in [0.05, 0.1) is 31.2 Å². The number of aromatic amines is 1. The van der Waals surface area contributed by atoms with E-state index in [1.165, 1.54) is 10.6 Å². The molecule has 1 fully saturated rings. The third kappa shape index (κ3) is 3.69. The van der Waals surface area contributed by atoms with Gasteiger partial charge in [-0.25, -0.2) is 19.9 Å². The zero-order valence-corrected chi connectivity index (χ0v) is 16.3. The summed E-state index contributed by atoms with van der Waals surface area (Å²) in [6.07, 6.45) is 3.70. The molecule has 0 saturated carbocycles. The molecule has 12 heteroatoms. The van der Waals surface area contributed by atoms with Crippen LogP contribution in [0.15, 0.2) is 43.2 Å². The van der Waals surface area contributed by atoms with E-state index in [9.17, 15) is 13.2 Å². The number of rotatable bonds is 3. The Bertz CT molecular complexity index is 1210. The van der Waals surface area contributed by atoms with Crippen molar-refractivity contribution in [1.82, 2.24) is 34.5 Å². The van der Waals surface area contributed by atoms with Crippen LogP contribution in [0.5, 0.6) is 0 Å². The first-order valence-electron chi connectivity index (χ1n) is 9.51. The fourth-order valence-corrected chi connectivity index (χ4v) is 3.61. The number of hydrogen-bond donors (Lipinski definition) is 1. The SMILES string of the molecule is C[C@@H]1CN(c2ccnc(-c3cnc4cnc(C(F)(F)F)cn34)n2)C[C@@H](c2cn[nH]c2)O1. The third-order valence-electron chi connectivity index (χ3n) is 5.03. The van der Waals surface area contributed by atoms with Crippen LogP contribution in [0.25, 0.3) is 17.2 Å². The van der Waals surface area contributed by atoms with Crippen molar-refractivity contribution in [1.29, 1.82) is 0 Å². The summed E-state index contributed by atoms with van der Waals surface area (Å²) >= 11 is 0. The van der Waals surface area contributed by atoms with Gasteiger partial charge in [0.15, 0.2) is 17.2 Å². The molecule has 5 rings (SSSR count). The molecular formula is C19H17F3N8O. The first-order valence-corrected chi connectivity index (χ1v) is 9.51. The number of aromatic nitrogens is 7. The van der Waals surface area contributed by atoms with Crippen molar-refractivity contribution in [2.75, 3.05) is 18.0 Å².